The fraction of sp³-hybridized carbons (Fsp3) is 0.545. The van der Waals surface area contributed by atoms with E-state index < -0.39 is 0 Å². The molecule has 0 radical (unpaired) electrons. The Morgan fingerprint density at radius 3 is 2.29 bits per heavy atom. The van der Waals surface area contributed by atoms with Crippen molar-refractivity contribution in [3.05, 3.63) is 42.0 Å². The Kier molecular flexibility index (Phi) is 5.15. The van der Waals surface area contributed by atoms with Crippen molar-refractivity contribution < 1.29 is 9.84 Å². The van der Waals surface area contributed by atoms with Gasteiger partial charge in [-0.25, -0.2) is 0 Å². The van der Waals surface area contributed by atoms with Gasteiger partial charge in [0.1, 0.15) is 5.75 Å². The summed E-state index contributed by atoms with van der Waals surface area (Å²) in [5, 5.41) is 11.5. The molecule has 2 heteroatoms. The summed E-state index contributed by atoms with van der Waals surface area (Å²) in [6, 6.07) is 12.7. The summed E-state index contributed by atoms with van der Waals surface area (Å²) in [7, 11) is 0. The van der Waals surface area contributed by atoms with Gasteiger partial charge in [0.05, 0.1) is 6.10 Å². The predicted molar refractivity (Wildman–Crippen MR) is 101 cm³/mol. The highest BCUT2D eigenvalue weighted by Crippen LogP contribution is 2.38. The molecule has 130 valence electrons. The molecular weight excluding hydrogens is 296 g/mol. The number of ether oxygens (including phenoxy) is 1. The van der Waals surface area contributed by atoms with Crippen LogP contribution in [0.2, 0.25) is 0 Å². The highest BCUT2D eigenvalue weighted by molar-refractivity contribution is 5.84. The monoisotopic (exact) mass is 326 g/mol. The zero-order valence-electron chi connectivity index (χ0n) is 15.2. The fourth-order valence-corrected chi connectivity index (χ4v) is 3.87. The summed E-state index contributed by atoms with van der Waals surface area (Å²) in [5.41, 5.74) is 1.60. The maximum Gasteiger partial charge on any atom is 0.120 e. The Morgan fingerprint density at radius 1 is 0.958 bits per heavy atom. The number of hydrogen-bond acceptors (Lipinski definition) is 2. The molecule has 0 heterocycles. The number of benzene rings is 2. The van der Waals surface area contributed by atoms with Crippen molar-refractivity contribution >= 4 is 10.8 Å². The van der Waals surface area contributed by atoms with Gasteiger partial charge >= 0.3 is 0 Å². The lowest BCUT2D eigenvalue weighted by Gasteiger charge is -2.37. The summed E-state index contributed by atoms with van der Waals surface area (Å²) in [6.45, 7) is 7.26. The quantitative estimate of drug-likeness (QED) is 0.819. The topological polar surface area (TPSA) is 29.5 Å². The maximum absolute atomic E-state index is 9.07. The van der Waals surface area contributed by atoms with E-state index in [2.05, 4.69) is 57.2 Å². The van der Waals surface area contributed by atoms with Crippen LogP contribution in [0.3, 0.4) is 0 Å². The summed E-state index contributed by atoms with van der Waals surface area (Å²) >= 11 is 0. The number of aliphatic hydroxyl groups excluding tert-OH is 1. The van der Waals surface area contributed by atoms with Crippen LogP contribution in [-0.2, 0) is 6.42 Å². The van der Waals surface area contributed by atoms with Crippen LogP contribution in [0, 0.1) is 11.3 Å². The SMILES string of the molecule is CC(C)(C)[C@H]1CC[C@H](Oc2ccc3cc(CCO)ccc3c2)CC1. The van der Waals surface area contributed by atoms with Gasteiger partial charge < -0.3 is 9.84 Å². The lowest BCUT2D eigenvalue weighted by molar-refractivity contribution is 0.0883. The number of hydrogen-bond donors (Lipinski definition) is 1. The molecule has 1 fully saturated rings. The van der Waals surface area contributed by atoms with Crippen LogP contribution in [0.25, 0.3) is 10.8 Å². The van der Waals surface area contributed by atoms with Gasteiger partial charge in [-0.3, -0.25) is 0 Å². The summed E-state index contributed by atoms with van der Waals surface area (Å²) in [6.07, 6.45) is 5.93. The fourth-order valence-electron chi connectivity index (χ4n) is 3.87. The predicted octanol–water partition coefficient (Wildman–Crippen LogP) is 5.36. The highest BCUT2D eigenvalue weighted by atomic mass is 16.5. The third kappa shape index (κ3) is 4.10. The van der Waals surface area contributed by atoms with Crippen LogP contribution >= 0.6 is 0 Å². The van der Waals surface area contributed by atoms with Crippen LogP contribution in [0.4, 0.5) is 0 Å². The molecule has 1 aliphatic rings. The molecule has 0 atom stereocenters. The van der Waals surface area contributed by atoms with Gasteiger partial charge in [0.15, 0.2) is 0 Å². The molecular formula is C22H30O2. The van der Waals surface area contributed by atoms with Crippen molar-refractivity contribution in [3.8, 4) is 5.75 Å². The zero-order chi connectivity index (χ0) is 17.2. The first-order valence-corrected chi connectivity index (χ1v) is 9.26. The molecule has 2 aromatic rings. The Balaban J connectivity index is 1.65. The number of fused-ring (bicyclic) bond motifs is 1. The molecule has 0 saturated heterocycles. The van der Waals surface area contributed by atoms with Crippen LogP contribution < -0.4 is 4.74 Å². The van der Waals surface area contributed by atoms with E-state index >= 15 is 0 Å². The van der Waals surface area contributed by atoms with E-state index in [9.17, 15) is 0 Å². The van der Waals surface area contributed by atoms with Crippen molar-refractivity contribution in [2.45, 2.75) is 59.0 Å². The first-order chi connectivity index (χ1) is 11.5. The summed E-state index contributed by atoms with van der Waals surface area (Å²) < 4.78 is 6.26. The lowest BCUT2D eigenvalue weighted by Crippen LogP contribution is -2.30. The standard InChI is InChI=1S/C22H30O2/c1-22(2,3)19-7-10-20(11-8-19)24-21-9-6-17-14-16(12-13-23)4-5-18(17)15-21/h4-6,9,14-15,19-20,23H,7-8,10-13H2,1-3H3/t19-,20-. The minimum atomic E-state index is 0.198. The lowest BCUT2D eigenvalue weighted by atomic mass is 9.72. The number of aliphatic hydroxyl groups is 1. The Hall–Kier alpha value is -1.54. The van der Waals surface area contributed by atoms with Crippen LogP contribution in [0.5, 0.6) is 5.75 Å². The summed E-state index contributed by atoms with van der Waals surface area (Å²) in [5.74, 6) is 1.80. The molecule has 1 N–H and O–H groups in total. The van der Waals surface area contributed by atoms with Gasteiger partial charge in [-0.05, 0) is 71.9 Å². The molecule has 1 saturated carbocycles. The second kappa shape index (κ2) is 7.14. The third-order valence-corrected chi connectivity index (χ3v) is 5.48. The van der Waals surface area contributed by atoms with Crippen molar-refractivity contribution in [1.29, 1.82) is 0 Å². The van der Waals surface area contributed by atoms with Crippen LogP contribution in [0.15, 0.2) is 36.4 Å². The average molecular weight is 326 g/mol. The third-order valence-electron chi connectivity index (χ3n) is 5.48. The zero-order valence-corrected chi connectivity index (χ0v) is 15.2. The Bertz CT molecular complexity index is 676. The smallest absolute Gasteiger partial charge is 0.120 e. The van der Waals surface area contributed by atoms with Gasteiger partial charge in [0.2, 0.25) is 0 Å². The second-order valence-electron chi connectivity index (χ2n) is 8.27. The molecule has 3 rings (SSSR count). The van der Waals surface area contributed by atoms with Gasteiger partial charge in [0, 0.05) is 6.61 Å². The van der Waals surface area contributed by atoms with Crippen molar-refractivity contribution in [2.75, 3.05) is 6.61 Å². The van der Waals surface area contributed by atoms with Crippen molar-refractivity contribution in [1.82, 2.24) is 0 Å². The molecule has 0 aliphatic heterocycles. The molecule has 0 aromatic heterocycles. The van der Waals surface area contributed by atoms with Gasteiger partial charge in [-0.15, -0.1) is 0 Å². The van der Waals surface area contributed by atoms with Gasteiger partial charge in [-0.2, -0.15) is 0 Å². The molecule has 0 amide bonds. The van der Waals surface area contributed by atoms with E-state index in [0.717, 1.165) is 24.5 Å². The normalized spacial score (nSPS) is 21.8. The maximum atomic E-state index is 9.07. The van der Waals surface area contributed by atoms with E-state index in [1.54, 1.807) is 0 Å². The van der Waals surface area contributed by atoms with E-state index in [1.807, 2.05) is 0 Å². The average Bonchev–Trinajstić information content (AvgIpc) is 2.55. The minimum Gasteiger partial charge on any atom is -0.490 e. The second-order valence-corrected chi connectivity index (χ2v) is 8.27. The van der Waals surface area contributed by atoms with E-state index in [0.29, 0.717) is 17.9 Å². The van der Waals surface area contributed by atoms with Crippen LogP contribution in [-0.4, -0.2) is 17.8 Å². The van der Waals surface area contributed by atoms with Crippen molar-refractivity contribution in [3.63, 3.8) is 0 Å². The van der Waals surface area contributed by atoms with Crippen molar-refractivity contribution in [2.24, 2.45) is 11.3 Å². The van der Waals surface area contributed by atoms with Crippen LogP contribution in [0.1, 0.15) is 52.0 Å². The molecule has 1 aliphatic carbocycles. The minimum absolute atomic E-state index is 0.198. The molecule has 2 aromatic carbocycles. The molecule has 0 bridgehead atoms. The Labute approximate surface area is 145 Å². The highest BCUT2D eigenvalue weighted by Gasteiger charge is 2.30. The Morgan fingerprint density at radius 2 is 1.62 bits per heavy atom. The molecule has 2 nitrogen and oxygen atoms in total. The van der Waals surface area contributed by atoms with E-state index in [-0.39, 0.29) is 6.61 Å². The molecule has 0 spiro atoms. The van der Waals surface area contributed by atoms with E-state index in [1.165, 1.54) is 29.2 Å². The van der Waals surface area contributed by atoms with Gasteiger partial charge in [-0.1, -0.05) is 45.0 Å². The molecule has 0 unspecified atom stereocenters. The van der Waals surface area contributed by atoms with E-state index in [4.69, 9.17) is 9.84 Å². The first-order valence-electron chi connectivity index (χ1n) is 9.26. The number of rotatable bonds is 4. The molecule has 24 heavy (non-hydrogen) atoms. The first kappa shape index (κ1) is 17.3. The summed E-state index contributed by atoms with van der Waals surface area (Å²) in [4.78, 5) is 0. The van der Waals surface area contributed by atoms with Gasteiger partial charge in [0.25, 0.3) is 0 Å². The largest absolute Gasteiger partial charge is 0.490 e.